The van der Waals surface area contributed by atoms with Crippen LogP contribution in [0.25, 0.3) is 0 Å². The second-order valence-corrected chi connectivity index (χ2v) is 8.65. The second-order valence-electron chi connectivity index (χ2n) is 8.65. The lowest BCUT2D eigenvalue weighted by atomic mass is 9.91. The highest BCUT2D eigenvalue weighted by Crippen LogP contribution is 2.58. The molecule has 4 unspecified atom stereocenters. The van der Waals surface area contributed by atoms with Gasteiger partial charge in [-0.1, -0.05) is 30.3 Å². The Morgan fingerprint density at radius 2 is 1.93 bits per heavy atom. The number of nitrogens with one attached hydrogen (secondary N) is 2. The summed E-state index contributed by atoms with van der Waals surface area (Å²) in [6.45, 7) is 2.74. The summed E-state index contributed by atoms with van der Waals surface area (Å²) in [4.78, 5) is 27.1. The molecule has 6 heteroatoms. The summed E-state index contributed by atoms with van der Waals surface area (Å²) >= 11 is 0. The van der Waals surface area contributed by atoms with Gasteiger partial charge in [-0.15, -0.1) is 12.4 Å². The van der Waals surface area contributed by atoms with Crippen LogP contribution in [-0.4, -0.2) is 48.4 Å². The zero-order chi connectivity index (χ0) is 17.7. The molecule has 4 aliphatic rings. The molecule has 5 nitrogen and oxygen atoms in total. The molecule has 146 valence electrons. The van der Waals surface area contributed by atoms with Crippen molar-refractivity contribution in [1.29, 1.82) is 0 Å². The molecular formula is C21H28ClN3O2. The number of carbonyl (C=O) groups excluding carboxylic acids is 2. The fourth-order valence-corrected chi connectivity index (χ4v) is 5.23. The van der Waals surface area contributed by atoms with Crippen molar-refractivity contribution in [2.75, 3.05) is 19.6 Å². The summed E-state index contributed by atoms with van der Waals surface area (Å²) in [6.07, 6.45) is 4.77. The van der Waals surface area contributed by atoms with Crippen LogP contribution in [0.5, 0.6) is 0 Å². The van der Waals surface area contributed by atoms with E-state index in [2.05, 4.69) is 34.9 Å². The maximum Gasteiger partial charge on any atom is 0.225 e. The number of rotatable bonds is 4. The predicted molar refractivity (Wildman–Crippen MR) is 106 cm³/mol. The van der Waals surface area contributed by atoms with Gasteiger partial charge in [0.1, 0.15) is 0 Å². The minimum absolute atomic E-state index is 0. The van der Waals surface area contributed by atoms with Crippen LogP contribution >= 0.6 is 12.4 Å². The van der Waals surface area contributed by atoms with Crippen LogP contribution in [-0.2, 0) is 9.59 Å². The minimum Gasteiger partial charge on any atom is -0.351 e. The first-order valence-corrected chi connectivity index (χ1v) is 10.0. The van der Waals surface area contributed by atoms with Crippen molar-refractivity contribution >= 4 is 24.2 Å². The normalized spacial score (nSPS) is 33.5. The molecule has 1 aromatic rings. The molecule has 2 saturated heterocycles. The first-order valence-electron chi connectivity index (χ1n) is 10.0. The molecule has 5 rings (SSSR count). The Labute approximate surface area is 166 Å². The van der Waals surface area contributed by atoms with Crippen molar-refractivity contribution in [1.82, 2.24) is 15.5 Å². The molecular weight excluding hydrogens is 362 g/mol. The average molecular weight is 390 g/mol. The number of piperidine rings is 1. The van der Waals surface area contributed by atoms with Gasteiger partial charge in [0.15, 0.2) is 0 Å². The Balaban J connectivity index is 0.00000180. The van der Waals surface area contributed by atoms with Crippen molar-refractivity contribution in [2.24, 2.45) is 11.3 Å². The number of benzene rings is 1. The second kappa shape index (κ2) is 7.10. The van der Waals surface area contributed by atoms with Gasteiger partial charge in [-0.05, 0) is 49.8 Å². The summed E-state index contributed by atoms with van der Waals surface area (Å²) in [5.41, 5.74) is 1.58. The molecule has 2 N–H and O–H groups in total. The van der Waals surface area contributed by atoms with Gasteiger partial charge in [-0.3, -0.25) is 9.59 Å². The highest BCUT2D eigenvalue weighted by atomic mass is 35.5. The topological polar surface area (TPSA) is 61.4 Å². The number of likely N-dealkylation sites (tertiary alicyclic amines) is 1. The van der Waals surface area contributed by atoms with E-state index in [1.54, 1.807) is 0 Å². The first kappa shape index (κ1) is 18.8. The Morgan fingerprint density at radius 1 is 1.19 bits per heavy atom. The van der Waals surface area contributed by atoms with E-state index in [4.69, 9.17) is 0 Å². The van der Waals surface area contributed by atoms with Gasteiger partial charge >= 0.3 is 0 Å². The van der Waals surface area contributed by atoms with Crippen molar-refractivity contribution in [2.45, 2.75) is 50.1 Å². The molecule has 4 atom stereocenters. The third-order valence-corrected chi connectivity index (χ3v) is 7.00. The molecule has 0 radical (unpaired) electrons. The lowest BCUT2D eigenvalue weighted by molar-refractivity contribution is -0.128. The van der Waals surface area contributed by atoms with Crippen LogP contribution in [0.3, 0.4) is 0 Å². The standard InChI is InChI=1S/C21H27N3O2.ClH/c25-19-10-15(23-20(26)17-12-21(17)6-8-22-9-7-21)13-24(19)18-11-16(18)14-4-2-1-3-5-14;/h1-5,15-18,22H,6-13H2,(H,23,26);1H. The van der Waals surface area contributed by atoms with Crippen molar-refractivity contribution in [3.63, 3.8) is 0 Å². The molecule has 2 amide bonds. The number of nitrogens with zero attached hydrogens (tertiary/aromatic N) is 1. The van der Waals surface area contributed by atoms with Gasteiger partial charge in [-0.25, -0.2) is 0 Å². The lowest BCUT2D eigenvalue weighted by Gasteiger charge is -2.23. The van der Waals surface area contributed by atoms with Gasteiger partial charge < -0.3 is 15.5 Å². The highest BCUT2D eigenvalue weighted by Gasteiger charge is 2.58. The van der Waals surface area contributed by atoms with Crippen LogP contribution in [0, 0.1) is 11.3 Å². The number of hydrogen-bond acceptors (Lipinski definition) is 3. The summed E-state index contributed by atoms with van der Waals surface area (Å²) in [5.74, 6) is 1.02. The molecule has 1 spiro atoms. The first-order chi connectivity index (χ1) is 12.7. The lowest BCUT2D eigenvalue weighted by Crippen LogP contribution is -2.40. The van der Waals surface area contributed by atoms with Gasteiger partial charge in [0.2, 0.25) is 11.8 Å². The van der Waals surface area contributed by atoms with Crippen LogP contribution in [0.4, 0.5) is 0 Å². The molecule has 27 heavy (non-hydrogen) atoms. The van der Waals surface area contributed by atoms with E-state index in [0.29, 0.717) is 24.9 Å². The zero-order valence-electron chi connectivity index (χ0n) is 15.5. The Bertz CT molecular complexity index is 719. The largest absolute Gasteiger partial charge is 0.351 e. The number of carbonyl (C=O) groups is 2. The summed E-state index contributed by atoms with van der Waals surface area (Å²) in [6, 6.07) is 10.8. The smallest absolute Gasteiger partial charge is 0.225 e. The maximum atomic E-state index is 12.7. The fourth-order valence-electron chi connectivity index (χ4n) is 5.23. The molecule has 1 aromatic carbocycles. The Morgan fingerprint density at radius 3 is 2.67 bits per heavy atom. The molecule has 2 aliphatic heterocycles. The van der Waals surface area contributed by atoms with E-state index in [1.807, 2.05) is 11.0 Å². The fraction of sp³-hybridized carbons (Fsp3) is 0.619. The number of hydrogen-bond donors (Lipinski definition) is 2. The van der Waals surface area contributed by atoms with Gasteiger partial charge in [0.05, 0.1) is 6.04 Å². The van der Waals surface area contributed by atoms with Crippen LogP contribution in [0.2, 0.25) is 0 Å². The molecule has 2 aliphatic carbocycles. The number of amides is 2. The summed E-state index contributed by atoms with van der Waals surface area (Å²) < 4.78 is 0. The van der Waals surface area contributed by atoms with Crippen molar-refractivity contribution < 1.29 is 9.59 Å². The minimum atomic E-state index is -0.00797. The van der Waals surface area contributed by atoms with Crippen LogP contribution < -0.4 is 10.6 Å². The van der Waals surface area contributed by atoms with E-state index >= 15 is 0 Å². The van der Waals surface area contributed by atoms with Gasteiger partial charge in [0.25, 0.3) is 0 Å². The molecule has 2 heterocycles. The third kappa shape index (κ3) is 3.47. The highest BCUT2D eigenvalue weighted by molar-refractivity contribution is 5.86. The van der Waals surface area contributed by atoms with E-state index in [0.717, 1.165) is 38.8 Å². The molecule has 4 fully saturated rings. The third-order valence-electron chi connectivity index (χ3n) is 7.00. The van der Waals surface area contributed by atoms with Gasteiger partial charge in [-0.2, -0.15) is 0 Å². The summed E-state index contributed by atoms with van der Waals surface area (Å²) in [7, 11) is 0. The Hall–Kier alpha value is -1.59. The molecule has 0 bridgehead atoms. The Kier molecular flexibility index (Phi) is 4.93. The molecule has 2 saturated carbocycles. The zero-order valence-corrected chi connectivity index (χ0v) is 16.3. The van der Waals surface area contributed by atoms with Gasteiger partial charge in [0, 0.05) is 30.8 Å². The monoisotopic (exact) mass is 389 g/mol. The maximum absolute atomic E-state index is 12.7. The predicted octanol–water partition coefficient (Wildman–Crippen LogP) is 2.07. The quantitative estimate of drug-likeness (QED) is 0.828. The van der Waals surface area contributed by atoms with E-state index in [9.17, 15) is 9.59 Å². The van der Waals surface area contributed by atoms with E-state index in [1.165, 1.54) is 5.56 Å². The molecule has 0 aromatic heterocycles. The van der Waals surface area contributed by atoms with E-state index in [-0.39, 0.29) is 41.6 Å². The van der Waals surface area contributed by atoms with Crippen molar-refractivity contribution in [3.8, 4) is 0 Å². The van der Waals surface area contributed by atoms with E-state index < -0.39 is 0 Å². The summed E-state index contributed by atoms with van der Waals surface area (Å²) in [5, 5.41) is 6.57. The average Bonchev–Trinajstić information content (AvgIpc) is 3.55. The number of halogens is 1. The van der Waals surface area contributed by atoms with Crippen LogP contribution in [0.1, 0.15) is 43.6 Å². The SMILES string of the molecule is Cl.O=C(NC1CC(=O)N(C2CC2c2ccccc2)C1)C1CC12CCNCC2. The van der Waals surface area contributed by atoms with Crippen molar-refractivity contribution in [3.05, 3.63) is 35.9 Å². The van der Waals surface area contributed by atoms with Crippen LogP contribution in [0.15, 0.2) is 30.3 Å².